The van der Waals surface area contributed by atoms with Crippen molar-refractivity contribution in [1.29, 1.82) is 0 Å². The Morgan fingerprint density at radius 2 is 1.50 bits per heavy atom. The van der Waals surface area contributed by atoms with Gasteiger partial charge >= 0.3 is 0 Å². The van der Waals surface area contributed by atoms with E-state index in [9.17, 15) is 0 Å². The van der Waals surface area contributed by atoms with Crippen molar-refractivity contribution in [3.05, 3.63) is 35.9 Å². The minimum atomic E-state index is 0. The SMILES string of the molecule is CN(CCN=C(N(C)C)N(C)C)Cc1ccccc1.I. The number of likely N-dealkylation sites (N-methyl/N-ethyl adjacent to an activating group) is 1. The van der Waals surface area contributed by atoms with Gasteiger partial charge in [-0.3, -0.25) is 4.99 Å². The molecule has 0 aromatic heterocycles. The molecule has 0 fully saturated rings. The Balaban J connectivity index is 0.00000361. The molecule has 0 aliphatic heterocycles. The van der Waals surface area contributed by atoms with Crippen LogP contribution in [0.5, 0.6) is 0 Å². The summed E-state index contributed by atoms with van der Waals surface area (Å²) < 4.78 is 0. The molecule has 0 amide bonds. The molecular weight excluding hydrogens is 363 g/mol. The van der Waals surface area contributed by atoms with Crippen molar-refractivity contribution in [3.63, 3.8) is 0 Å². The summed E-state index contributed by atoms with van der Waals surface area (Å²) in [5.74, 6) is 1.01. The second-order valence-electron chi connectivity index (χ2n) is 5.19. The van der Waals surface area contributed by atoms with E-state index in [1.807, 2.05) is 44.1 Å². The topological polar surface area (TPSA) is 22.1 Å². The van der Waals surface area contributed by atoms with Gasteiger partial charge in [-0.25, -0.2) is 0 Å². The van der Waals surface area contributed by atoms with Crippen LogP contribution >= 0.6 is 24.0 Å². The standard InChI is InChI=1S/C15H26N4.HI/c1-17(2)15(18(3)4)16-11-12-19(5)13-14-9-7-6-8-10-14;/h6-10H,11-13H2,1-5H3;1H. The minimum Gasteiger partial charge on any atom is -0.349 e. The lowest BCUT2D eigenvalue weighted by Crippen LogP contribution is -2.36. The van der Waals surface area contributed by atoms with Gasteiger partial charge < -0.3 is 14.7 Å². The van der Waals surface area contributed by atoms with Crippen molar-refractivity contribution in [2.45, 2.75) is 6.54 Å². The Morgan fingerprint density at radius 3 is 2.00 bits per heavy atom. The van der Waals surface area contributed by atoms with Crippen molar-refractivity contribution in [1.82, 2.24) is 14.7 Å². The summed E-state index contributed by atoms with van der Waals surface area (Å²) in [6, 6.07) is 10.5. The van der Waals surface area contributed by atoms with Gasteiger partial charge in [0.05, 0.1) is 6.54 Å². The van der Waals surface area contributed by atoms with E-state index < -0.39 is 0 Å². The van der Waals surface area contributed by atoms with Crippen molar-refractivity contribution in [3.8, 4) is 0 Å². The monoisotopic (exact) mass is 390 g/mol. The van der Waals surface area contributed by atoms with E-state index in [0.717, 1.165) is 25.6 Å². The average Bonchev–Trinajstić information content (AvgIpc) is 2.34. The summed E-state index contributed by atoms with van der Waals surface area (Å²) >= 11 is 0. The highest BCUT2D eigenvalue weighted by atomic mass is 127. The zero-order chi connectivity index (χ0) is 14.3. The highest BCUT2D eigenvalue weighted by Gasteiger charge is 2.04. The second-order valence-corrected chi connectivity index (χ2v) is 5.19. The lowest BCUT2D eigenvalue weighted by atomic mass is 10.2. The fourth-order valence-electron chi connectivity index (χ4n) is 1.98. The molecule has 0 saturated carbocycles. The molecule has 0 radical (unpaired) electrons. The van der Waals surface area contributed by atoms with Gasteiger partial charge in [0.15, 0.2) is 5.96 Å². The van der Waals surface area contributed by atoms with Crippen LogP contribution in [-0.2, 0) is 6.54 Å². The Bertz CT molecular complexity index is 380. The lowest BCUT2D eigenvalue weighted by Gasteiger charge is -2.23. The molecule has 0 unspecified atom stereocenters. The molecule has 1 rings (SSSR count). The Morgan fingerprint density at radius 1 is 0.950 bits per heavy atom. The first-order valence-corrected chi connectivity index (χ1v) is 6.62. The van der Waals surface area contributed by atoms with Crippen LogP contribution in [0.25, 0.3) is 0 Å². The molecule has 1 aromatic rings. The van der Waals surface area contributed by atoms with Crippen LogP contribution in [0.1, 0.15) is 5.56 Å². The van der Waals surface area contributed by atoms with Gasteiger partial charge in [-0.2, -0.15) is 0 Å². The normalized spacial score (nSPS) is 9.90. The van der Waals surface area contributed by atoms with E-state index >= 15 is 0 Å². The quantitative estimate of drug-likeness (QED) is 0.437. The van der Waals surface area contributed by atoms with E-state index in [1.165, 1.54) is 5.56 Å². The first kappa shape index (κ1) is 19.2. The van der Waals surface area contributed by atoms with E-state index in [1.54, 1.807) is 0 Å². The fourth-order valence-corrected chi connectivity index (χ4v) is 1.98. The average molecular weight is 390 g/mol. The first-order chi connectivity index (χ1) is 9.00. The largest absolute Gasteiger partial charge is 0.349 e. The van der Waals surface area contributed by atoms with E-state index in [-0.39, 0.29) is 24.0 Å². The van der Waals surface area contributed by atoms with E-state index in [0.29, 0.717) is 0 Å². The van der Waals surface area contributed by atoms with Crippen molar-refractivity contribution in [2.24, 2.45) is 4.99 Å². The summed E-state index contributed by atoms with van der Waals surface area (Å²) in [5, 5.41) is 0. The highest BCUT2D eigenvalue weighted by Crippen LogP contribution is 2.02. The number of nitrogens with zero attached hydrogens (tertiary/aromatic N) is 4. The molecular formula is C15H27IN4. The number of hydrogen-bond donors (Lipinski definition) is 0. The zero-order valence-electron chi connectivity index (χ0n) is 13.2. The molecule has 114 valence electrons. The Hall–Kier alpha value is -0.820. The third-order valence-electron chi connectivity index (χ3n) is 2.83. The van der Waals surface area contributed by atoms with Crippen molar-refractivity contribution < 1.29 is 0 Å². The summed E-state index contributed by atoms with van der Waals surface area (Å²) in [7, 11) is 10.2. The zero-order valence-corrected chi connectivity index (χ0v) is 15.5. The molecule has 0 bridgehead atoms. The molecule has 20 heavy (non-hydrogen) atoms. The molecule has 5 heteroatoms. The number of hydrogen-bond acceptors (Lipinski definition) is 2. The smallest absolute Gasteiger partial charge is 0.195 e. The second kappa shape index (κ2) is 9.99. The molecule has 4 nitrogen and oxygen atoms in total. The summed E-state index contributed by atoms with van der Waals surface area (Å²) in [4.78, 5) is 11.0. The predicted molar refractivity (Wildman–Crippen MR) is 97.9 cm³/mol. The van der Waals surface area contributed by atoms with Gasteiger partial charge in [0.25, 0.3) is 0 Å². The van der Waals surface area contributed by atoms with E-state index in [4.69, 9.17) is 0 Å². The summed E-state index contributed by atoms with van der Waals surface area (Å²) in [6.07, 6.45) is 0. The van der Waals surface area contributed by atoms with Gasteiger partial charge in [-0.05, 0) is 12.6 Å². The molecule has 0 aliphatic rings. The number of guanidine groups is 1. The van der Waals surface area contributed by atoms with Gasteiger partial charge in [-0.15, -0.1) is 24.0 Å². The van der Waals surface area contributed by atoms with Crippen LogP contribution < -0.4 is 0 Å². The maximum atomic E-state index is 4.63. The van der Waals surface area contributed by atoms with Crippen LogP contribution in [-0.4, -0.2) is 69.0 Å². The number of rotatable bonds is 5. The summed E-state index contributed by atoms with van der Waals surface area (Å²) in [5.41, 5.74) is 1.34. The van der Waals surface area contributed by atoms with Gasteiger partial charge in [0.1, 0.15) is 0 Å². The lowest BCUT2D eigenvalue weighted by molar-refractivity contribution is 0.335. The third kappa shape index (κ3) is 7.09. The van der Waals surface area contributed by atoms with Gasteiger partial charge in [0.2, 0.25) is 0 Å². The van der Waals surface area contributed by atoms with Crippen LogP contribution in [0.3, 0.4) is 0 Å². The highest BCUT2D eigenvalue weighted by molar-refractivity contribution is 14.0. The van der Waals surface area contributed by atoms with E-state index in [2.05, 4.69) is 41.2 Å². The Labute approximate surface area is 140 Å². The summed E-state index contributed by atoms with van der Waals surface area (Å²) in [6.45, 7) is 2.74. The van der Waals surface area contributed by atoms with Crippen LogP contribution in [0.15, 0.2) is 35.3 Å². The number of benzene rings is 1. The van der Waals surface area contributed by atoms with Gasteiger partial charge in [0, 0.05) is 41.3 Å². The maximum absolute atomic E-state index is 4.63. The molecule has 0 heterocycles. The molecule has 0 N–H and O–H groups in total. The third-order valence-corrected chi connectivity index (χ3v) is 2.83. The molecule has 1 aromatic carbocycles. The number of aliphatic imine (C=N–C) groups is 1. The molecule has 0 atom stereocenters. The van der Waals surface area contributed by atoms with Gasteiger partial charge in [-0.1, -0.05) is 30.3 Å². The van der Waals surface area contributed by atoms with Crippen LogP contribution in [0.2, 0.25) is 0 Å². The maximum Gasteiger partial charge on any atom is 0.195 e. The minimum absolute atomic E-state index is 0. The molecule has 0 saturated heterocycles. The van der Waals surface area contributed by atoms with Crippen molar-refractivity contribution >= 4 is 29.9 Å². The predicted octanol–water partition coefficient (Wildman–Crippen LogP) is 2.22. The van der Waals surface area contributed by atoms with Crippen LogP contribution in [0.4, 0.5) is 0 Å². The van der Waals surface area contributed by atoms with Crippen LogP contribution in [0, 0.1) is 0 Å². The first-order valence-electron chi connectivity index (χ1n) is 6.62. The molecule has 0 spiro atoms. The fraction of sp³-hybridized carbons (Fsp3) is 0.533. The number of halogens is 1. The molecule has 0 aliphatic carbocycles. The van der Waals surface area contributed by atoms with Crippen molar-refractivity contribution in [2.75, 3.05) is 48.3 Å². The Kier molecular flexibility index (Phi) is 9.58.